The lowest BCUT2D eigenvalue weighted by atomic mass is 10.2. The molecule has 0 aromatic carbocycles. The Labute approximate surface area is 79.2 Å². The summed E-state index contributed by atoms with van der Waals surface area (Å²) in [6.07, 6.45) is 3.95. The molecule has 0 bridgehead atoms. The molecule has 4 heteroatoms. The average molecular weight is 194 g/mol. The number of halogens is 1. The lowest BCUT2D eigenvalue weighted by Crippen LogP contribution is -2.46. The smallest absolute Gasteiger partial charge is 0.134 e. The van der Waals surface area contributed by atoms with E-state index in [1.54, 1.807) is 0 Å². The zero-order valence-electron chi connectivity index (χ0n) is 7.12. The van der Waals surface area contributed by atoms with Gasteiger partial charge in [0.2, 0.25) is 0 Å². The van der Waals surface area contributed by atoms with Gasteiger partial charge in [-0.2, -0.15) is 0 Å². The van der Waals surface area contributed by atoms with Gasteiger partial charge in [-0.25, -0.2) is 0 Å². The summed E-state index contributed by atoms with van der Waals surface area (Å²) in [4.78, 5) is 0. The summed E-state index contributed by atoms with van der Waals surface area (Å²) >= 11 is 0. The predicted octanol–water partition coefficient (Wildman–Crippen LogP) is 0.923. The number of hydrogen-bond acceptors (Lipinski definition) is 3. The van der Waals surface area contributed by atoms with Gasteiger partial charge in [0.1, 0.15) is 6.23 Å². The van der Waals surface area contributed by atoms with E-state index in [1.165, 1.54) is 6.42 Å². The lowest BCUT2D eigenvalue weighted by molar-refractivity contribution is -0.0822. The molecule has 0 aliphatic carbocycles. The standard InChI is InChI=1S/C8H15NO2.ClH/c1-3-7(10-5-1)8-9-4-2-6-11-8;/h7-9H,1-6H2;1H. The van der Waals surface area contributed by atoms with Crippen molar-refractivity contribution in [2.75, 3.05) is 19.8 Å². The van der Waals surface area contributed by atoms with Gasteiger partial charge in [0, 0.05) is 6.61 Å². The van der Waals surface area contributed by atoms with Gasteiger partial charge in [0.25, 0.3) is 0 Å². The van der Waals surface area contributed by atoms with E-state index in [0.29, 0.717) is 6.10 Å². The van der Waals surface area contributed by atoms with Gasteiger partial charge in [-0.1, -0.05) is 0 Å². The van der Waals surface area contributed by atoms with Gasteiger partial charge in [-0.05, 0) is 25.8 Å². The fourth-order valence-corrected chi connectivity index (χ4v) is 1.67. The highest BCUT2D eigenvalue weighted by Gasteiger charge is 2.27. The maximum atomic E-state index is 5.53. The van der Waals surface area contributed by atoms with Crippen LogP contribution in [0, 0.1) is 0 Å². The minimum absolute atomic E-state index is 0. The highest BCUT2D eigenvalue weighted by Crippen LogP contribution is 2.17. The van der Waals surface area contributed by atoms with E-state index in [4.69, 9.17) is 9.47 Å². The minimum Gasteiger partial charge on any atom is -0.374 e. The molecule has 2 fully saturated rings. The highest BCUT2D eigenvalue weighted by atomic mass is 35.5. The molecule has 0 aromatic heterocycles. The molecule has 0 saturated carbocycles. The Morgan fingerprint density at radius 1 is 1.08 bits per heavy atom. The third-order valence-electron chi connectivity index (χ3n) is 2.27. The molecule has 1 N–H and O–H groups in total. The lowest BCUT2D eigenvalue weighted by Gasteiger charge is -2.28. The predicted molar refractivity (Wildman–Crippen MR) is 48.6 cm³/mol. The van der Waals surface area contributed by atoms with Crippen molar-refractivity contribution in [2.45, 2.75) is 31.6 Å². The second kappa shape index (κ2) is 5.02. The minimum atomic E-state index is 0. The van der Waals surface area contributed by atoms with Gasteiger partial charge in [0.05, 0.1) is 12.7 Å². The quantitative estimate of drug-likeness (QED) is 0.672. The maximum Gasteiger partial charge on any atom is 0.134 e. The van der Waals surface area contributed by atoms with Crippen molar-refractivity contribution < 1.29 is 9.47 Å². The third kappa shape index (κ3) is 2.33. The van der Waals surface area contributed by atoms with Crippen molar-refractivity contribution in [1.82, 2.24) is 5.32 Å². The third-order valence-corrected chi connectivity index (χ3v) is 2.27. The molecule has 2 saturated heterocycles. The number of hydrogen-bond donors (Lipinski definition) is 1. The molecule has 0 aromatic rings. The fraction of sp³-hybridized carbons (Fsp3) is 1.00. The van der Waals surface area contributed by atoms with Gasteiger partial charge in [-0.15, -0.1) is 12.4 Å². The first kappa shape index (κ1) is 10.3. The second-order valence-corrected chi connectivity index (χ2v) is 3.15. The summed E-state index contributed by atoms with van der Waals surface area (Å²) in [5.74, 6) is 0. The van der Waals surface area contributed by atoms with Crippen LogP contribution in [-0.2, 0) is 9.47 Å². The molecule has 2 atom stereocenters. The Hall–Kier alpha value is 0.170. The van der Waals surface area contributed by atoms with Gasteiger partial charge >= 0.3 is 0 Å². The van der Waals surface area contributed by atoms with E-state index >= 15 is 0 Å². The molecule has 2 rings (SSSR count). The first-order valence-electron chi connectivity index (χ1n) is 4.43. The molecule has 12 heavy (non-hydrogen) atoms. The zero-order valence-corrected chi connectivity index (χ0v) is 7.94. The van der Waals surface area contributed by atoms with Gasteiger partial charge < -0.3 is 9.47 Å². The Kier molecular flexibility index (Phi) is 4.29. The number of nitrogens with one attached hydrogen (secondary N) is 1. The van der Waals surface area contributed by atoms with E-state index < -0.39 is 0 Å². The SMILES string of the molecule is C1CNC(C2CCCO2)OC1.Cl. The van der Waals surface area contributed by atoms with Crippen LogP contribution in [0.3, 0.4) is 0 Å². The largest absolute Gasteiger partial charge is 0.374 e. The second-order valence-electron chi connectivity index (χ2n) is 3.15. The molecular weight excluding hydrogens is 178 g/mol. The van der Waals surface area contributed by atoms with Gasteiger partial charge in [0.15, 0.2) is 0 Å². The Morgan fingerprint density at radius 3 is 2.50 bits per heavy atom. The number of rotatable bonds is 1. The van der Waals surface area contributed by atoms with Crippen molar-refractivity contribution in [1.29, 1.82) is 0 Å². The maximum absolute atomic E-state index is 5.53. The molecule has 0 spiro atoms. The summed E-state index contributed by atoms with van der Waals surface area (Å²) in [6.45, 7) is 2.87. The molecule has 3 nitrogen and oxygen atoms in total. The van der Waals surface area contributed by atoms with Crippen LogP contribution in [0.1, 0.15) is 19.3 Å². The van der Waals surface area contributed by atoms with Crippen molar-refractivity contribution in [3.63, 3.8) is 0 Å². The van der Waals surface area contributed by atoms with Crippen molar-refractivity contribution in [2.24, 2.45) is 0 Å². The van der Waals surface area contributed by atoms with Crippen molar-refractivity contribution in [3.8, 4) is 0 Å². The van der Waals surface area contributed by atoms with Crippen LogP contribution in [0.4, 0.5) is 0 Å². The van der Waals surface area contributed by atoms with E-state index in [-0.39, 0.29) is 18.6 Å². The summed E-state index contributed by atoms with van der Waals surface area (Å²) in [7, 11) is 0. The molecule has 2 aliphatic rings. The summed E-state index contributed by atoms with van der Waals surface area (Å²) in [5, 5.41) is 3.31. The van der Waals surface area contributed by atoms with Crippen LogP contribution in [0.15, 0.2) is 0 Å². The van der Waals surface area contributed by atoms with Crippen LogP contribution < -0.4 is 5.32 Å². The van der Waals surface area contributed by atoms with E-state index in [2.05, 4.69) is 5.32 Å². The Balaban J connectivity index is 0.000000720. The van der Waals surface area contributed by atoms with Crippen LogP contribution in [0.5, 0.6) is 0 Å². The molecule has 0 amide bonds. The topological polar surface area (TPSA) is 30.5 Å². The monoisotopic (exact) mass is 193 g/mol. The summed E-state index contributed by atoms with van der Waals surface area (Å²) < 4.78 is 11.0. The average Bonchev–Trinajstić information content (AvgIpc) is 2.58. The van der Waals surface area contributed by atoms with E-state index in [9.17, 15) is 0 Å². The molecule has 0 radical (unpaired) electrons. The van der Waals surface area contributed by atoms with Gasteiger partial charge in [-0.3, -0.25) is 5.32 Å². The van der Waals surface area contributed by atoms with Crippen LogP contribution in [0.2, 0.25) is 0 Å². The summed E-state index contributed by atoms with van der Waals surface area (Å²) in [5.41, 5.74) is 0. The normalized spacial score (nSPS) is 36.0. The van der Waals surface area contributed by atoms with Crippen LogP contribution in [0.25, 0.3) is 0 Å². The molecule has 2 unspecified atom stereocenters. The van der Waals surface area contributed by atoms with Crippen LogP contribution >= 0.6 is 12.4 Å². The first-order chi connectivity index (χ1) is 5.47. The Bertz CT molecular complexity index is 122. The fourth-order valence-electron chi connectivity index (χ4n) is 1.67. The molecule has 72 valence electrons. The van der Waals surface area contributed by atoms with Crippen molar-refractivity contribution in [3.05, 3.63) is 0 Å². The highest BCUT2D eigenvalue weighted by molar-refractivity contribution is 5.85. The number of ether oxygens (including phenoxy) is 2. The van der Waals surface area contributed by atoms with E-state index in [1.807, 2.05) is 0 Å². The zero-order chi connectivity index (χ0) is 7.52. The molecule has 2 heterocycles. The Morgan fingerprint density at radius 2 is 1.92 bits per heavy atom. The van der Waals surface area contributed by atoms with Crippen LogP contribution in [-0.4, -0.2) is 32.1 Å². The molecule has 2 aliphatic heterocycles. The van der Waals surface area contributed by atoms with Crippen molar-refractivity contribution >= 4 is 12.4 Å². The first-order valence-corrected chi connectivity index (χ1v) is 4.43. The molecular formula is C8H16ClNO2. The summed E-state index contributed by atoms with van der Waals surface area (Å²) in [6, 6.07) is 0. The van der Waals surface area contributed by atoms with E-state index in [0.717, 1.165) is 32.6 Å².